The summed E-state index contributed by atoms with van der Waals surface area (Å²) in [5, 5.41) is 22.4. The fraction of sp³-hybridized carbons (Fsp3) is 0.393. The number of phenols is 1. The number of ketones is 4. The van der Waals surface area contributed by atoms with Gasteiger partial charge in [0.2, 0.25) is 12.7 Å². The number of nitrogens with zero attached hydrogens (tertiary/aromatic N) is 1. The number of primary amides is 1. The molecule has 0 aromatic heterocycles. The molecule has 0 bridgehead atoms. The van der Waals surface area contributed by atoms with Gasteiger partial charge < -0.3 is 25.4 Å². The number of ether oxygens (including phenoxy) is 2. The van der Waals surface area contributed by atoms with Gasteiger partial charge in [-0.2, -0.15) is 0 Å². The number of fused-ring (bicyclic) bond motifs is 4. The van der Waals surface area contributed by atoms with Crippen molar-refractivity contribution in [2.24, 2.45) is 29.4 Å². The third-order valence-electron chi connectivity index (χ3n) is 8.63. The predicted octanol–water partition coefficient (Wildman–Crippen LogP) is 0.263. The molecule has 2 fully saturated rings. The van der Waals surface area contributed by atoms with Crippen LogP contribution < -0.4 is 15.2 Å². The van der Waals surface area contributed by atoms with Gasteiger partial charge in [-0.05, 0) is 67.7 Å². The molecule has 6 atom stereocenters. The van der Waals surface area contributed by atoms with Crippen molar-refractivity contribution >= 4 is 29.0 Å². The third-order valence-corrected chi connectivity index (χ3v) is 8.63. The summed E-state index contributed by atoms with van der Waals surface area (Å²) >= 11 is 0. The van der Waals surface area contributed by atoms with Crippen molar-refractivity contribution in [1.29, 1.82) is 0 Å². The van der Waals surface area contributed by atoms with E-state index in [0.29, 0.717) is 28.2 Å². The van der Waals surface area contributed by atoms with Crippen LogP contribution in [-0.2, 0) is 25.6 Å². The molecule has 2 aromatic carbocycles. The summed E-state index contributed by atoms with van der Waals surface area (Å²) in [5.41, 5.74) is 4.41. The topological polar surface area (TPSA) is 174 Å². The van der Waals surface area contributed by atoms with Crippen LogP contribution in [0.3, 0.4) is 0 Å². The van der Waals surface area contributed by atoms with Crippen LogP contribution in [0.1, 0.15) is 22.3 Å². The first-order valence-corrected chi connectivity index (χ1v) is 12.6. The highest BCUT2D eigenvalue weighted by molar-refractivity contribution is 6.32. The number of benzene rings is 2. The fourth-order valence-electron chi connectivity index (χ4n) is 6.94. The average molecular weight is 535 g/mol. The van der Waals surface area contributed by atoms with E-state index in [2.05, 4.69) is 0 Å². The molecule has 2 aromatic rings. The van der Waals surface area contributed by atoms with Gasteiger partial charge in [0.1, 0.15) is 5.75 Å². The summed E-state index contributed by atoms with van der Waals surface area (Å²) in [6.07, 6.45) is 0.157. The van der Waals surface area contributed by atoms with Crippen LogP contribution in [0.2, 0.25) is 0 Å². The second-order valence-corrected chi connectivity index (χ2v) is 10.8. The largest absolute Gasteiger partial charge is 0.507 e. The van der Waals surface area contributed by atoms with Crippen molar-refractivity contribution in [1.82, 2.24) is 4.90 Å². The third kappa shape index (κ3) is 3.32. The lowest BCUT2D eigenvalue weighted by Gasteiger charge is -2.52. The molecular formula is C28H26N2O9. The molecule has 2 saturated carbocycles. The zero-order valence-corrected chi connectivity index (χ0v) is 21.2. The summed E-state index contributed by atoms with van der Waals surface area (Å²) in [4.78, 5) is 67.9. The summed E-state index contributed by atoms with van der Waals surface area (Å²) in [5.74, 6) is -9.62. The van der Waals surface area contributed by atoms with Crippen molar-refractivity contribution < 1.29 is 43.7 Å². The average Bonchev–Trinajstić information content (AvgIpc) is 3.34. The van der Waals surface area contributed by atoms with E-state index in [-0.39, 0.29) is 30.9 Å². The van der Waals surface area contributed by atoms with E-state index in [0.717, 1.165) is 0 Å². The standard InChI is InChI=1S/C28H26N2O9/c1-30(2)22-15-8-12-7-14-13(11-3-6-17-18(9-11)39-10-38-17)4-5-16(31)20(14)23(32)19(12)25(34)28(15,37)26(35)21(24(22)33)27(29)36/h3-6,9,12,15,19,21-22,31,37H,7-8,10H2,1-2H3,(H2,29,36)/t12-,15-,19?,21?,22+,28-/m0/s1. The van der Waals surface area contributed by atoms with Gasteiger partial charge in [-0.15, -0.1) is 0 Å². The number of carbonyl (C=O) groups excluding carboxylic acids is 5. The lowest BCUT2D eigenvalue weighted by Crippen LogP contribution is -2.74. The maximum Gasteiger partial charge on any atom is 0.235 e. The van der Waals surface area contributed by atoms with Crippen LogP contribution in [-0.4, -0.2) is 76.7 Å². The minimum absolute atomic E-state index is 0.0138. The number of hydrogen-bond acceptors (Lipinski definition) is 10. The molecule has 2 unspecified atom stereocenters. The lowest BCUT2D eigenvalue weighted by molar-refractivity contribution is -0.181. The van der Waals surface area contributed by atoms with E-state index in [9.17, 15) is 34.2 Å². The molecule has 1 aliphatic heterocycles. The van der Waals surface area contributed by atoms with Gasteiger partial charge in [0.15, 0.2) is 46.2 Å². The number of nitrogens with two attached hydrogens (primary N) is 1. The molecular weight excluding hydrogens is 508 g/mol. The van der Waals surface area contributed by atoms with Crippen molar-refractivity contribution in [2.75, 3.05) is 20.9 Å². The van der Waals surface area contributed by atoms with E-state index in [4.69, 9.17) is 15.2 Å². The molecule has 202 valence electrons. The number of aliphatic hydroxyl groups is 1. The molecule has 4 N–H and O–H groups in total. The Labute approximate surface area is 222 Å². The first kappa shape index (κ1) is 25.2. The molecule has 0 saturated heterocycles. The van der Waals surface area contributed by atoms with E-state index in [1.165, 1.54) is 11.0 Å². The van der Waals surface area contributed by atoms with E-state index < -0.39 is 64.4 Å². The highest BCUT2D eigenvalue weighted by atomic mass is 16.7. The summed E-state index contributed by atoms with van der Waals surface area (Å²) in [7, 11) is 3.09. The monoisotopic (exact) mass is 534 g/mol. The minimum atomic E-state index is -2.75. The van der Waals surface area contributed by atoms with Crippen LogP contribution in [0, 0.1) is 23.7 Å². The fourth-order valence-corrected chi connectivity index (χ4v) is 6.94. The Balaban J connectivity index is 1.48. The number of rotatable bonds is 3. The summed E-state index contributed by atoms with van der Waals surface area (Å²) in [6, 6.07) is 7.19. The Morgan fingerprint density at radius 3 is 2.46 bits per heavy atom. The normalized spacial score (nSPS) is 31.1. The number of carbonyl (C=O) groups is 5. The first-order chi connectivity index (χ1) is 18.5. The molecule has 3 aliphatic carbocycles. The Morgan fingerprint density at radius 2 is 1.77 bits per heavy atom. The number of hydrogen-bond donors (Lipinski definition) is 3. The van der Waals surface area contributed by atoms with Crippen molar-refractivity contribution in [2.45, 2.75) is 24.5 Å². The van der Waals surface area contributed by atoms with E-state index >= 15 is 0 Å². The molecule has 6 rings (SSSR count). The molecule has 39 heavy (non-hydrogen) atoms. The number of amides is 1. The van der Waals surface area contributed by atoms with Crippen LogP contribution in [0.4, 0.5) is 0 Å². The SMILES string of the molecule is CN(C)[C@H]1C(=O)C(C(N)=O)C(=O)[C@@]2(O)C(=O)C3C(=O)c4c(O)ccc(-c5ccc6c(c5)OCO6)c4C[C@H]3C[C@@H]12. The second kappa shape index (κ2) is 8.45. The molecule has 0 radical (unpaired) electrons. The molecule has 1 amide bonds. The van der Waals surface area contributed by atoms with Crippen LogP contribution in [0.5, 0.6) is 17.2 Å². The predicted molar refractivity (Wildman–Crippen MR) is 133 cm³/mol. The zero-order chi connectivity index (χ0) is 28.0. The Bertz CT molecular complexity index is 1500. The smallest absolute Gasteiger partial charge is 0.235 e. The maximum atomic E-state index is 13.9. The molecule has 1 heterocycles. The molecule has 11 nitrogen and oxygen atoms in total. The van der Waals surface area contributed by atoms with Gasteiger partial charge in [0, 0.05) is 5.92 Å². The molecule has 11 heteroatoms. The molecule has 0 spiro atoms. The Hall–Kier alpha value is -4.09. The molecule has 4 aliphatic rings. The first-order valence-electron chi connectivity index (χ1n) is 12.6. The van der Waals surface area contributed by atoms with Crippen LogP contribution in [0.15, 0.2) is 30.3 Å². The van der Waals surface area contributed by atoms with Gasteiger partial charge in [0.05, 0.1) is 17.5 Å². The highest BCUT2D eigenvalue weighted by Gasteiger charge is 2.69. The van der Waals surface area contributed by atoms with Crippen molar-refractivity contribution in [3.05, 3.63) is 41.5 Å². The van der Waals surface area contributed by atoms with Gasteiger partial charge in [-0.3, -0.25) is 28.9 Å². The zero-order valence-electron chi connectivity index (χ0n) is 21.2. The number of aromatic hydroxyl groups is 1. The number of Topliss-reactive ketones (excluding diaryl/α,β-unsaturated/α-hetero) is 4. The Kier molecular flexibility index (Phi) is 5.46. The van der Waals surface area contributed by atoms with E-state index in [1.54, 1.807) is 38.4 Å². The maximum absolute atomic E-state index is 13.9. The summed E-state index contributed by atoms with van der Waals surface area (Å²) in [6.45, 7) is 0.0855. The van der Waals surface area contributed by atoms with Gasteiger partial charge >= 0.3 is 0 Å². The van der Waals surface area contributed by atoms with Gasteiger partial charge in [-0.1, -0.05) is 12.1 Å². The number of phenolic OH excluding ortho intramolecular Hbond substituents is 1. The van der Waals surface area contributed by atoms with Gasteiger partial charge in [-0.25, -0.2) is 0 Å². The quantitative estimate of drug-likeness (QED) is 0.464. The van der Waals surface area contributed by atoms with Crippen molar-refractivity contribution in [3.63, 3.8) is 0 Å². The lowest BCUT2D eigenvalue weighted by atomic mass is 9.52. The van der Waals surface area contributed by atoms with Crippen molar-refractivity contribution in [3.8, 4) is 28.4 Å². The minimum Gasteiger partial charge on any atom is -0.507 e. The Morgan fingerprint density at radius 1 is 1.05 bits per heavy atom. The number of likely N-dealkylation sites (N-methyl/N-ethyl adjacent to an activating group) is 1. The summed E-state index contributed by atoms with van der Waals surface area (Å²) < 4.78 is 10.9. The van der Waals surface area contributed by atoms with Crippen LogP contribution >= 0.6 is 0 Å². The highest BCUT2D eigenvalue weighted by Crippen LogP contribution is 2.52. The van der Waals surface area contributed by atoms with Gasteiger partial charge in [0.25, 0.3) is 0 Å². The van der Waals surface area contributed by atoms with Crippen LogP contribution in [0.25, 0.3) is 11.1 Å². The second-order valence-electron chi connectivity index (χ2n) is 10.8. The van der Waals surface area contributed by atoms with E-state index in [1.807, 2.05) is 0 Å².